The van der Waals surface area contributed by atoms with Crippen molar-refractivity contribution < 1.29 is 4.74 Å². The molecule has 0 spiro atoms. The van der Waals surface area contributed by atoms with Gasteiger partial charge in [-0.3, -0.25) is 4.90 Å². The van der Waals surface area contributed by atoms with Gasteiger partial charge in [0.15, 0.2) is 5.41 Å². The molecule has 1 fully saturated rings. The van der Waals surface area contributed by atoms with Crippen molar-refractivity contribution in [2.45, 2.75) is 25.8 Å². The van der Waals surface area contributed by atoms with Gasteiger partial charge in [-0.2, -0.15) is 15.8 Å². The van der Waals surface area contributed by atoms with Crippen LogP contribution in [0, 0.1) is 56.7 Å². The number of rotatable bonds is 3. The summed E-state index contributed by atoms with van der Waals surface area (Å²) in [7, 11) is 1.62. The lowest BCUT2D eigenvalue weighted by Crippen LogP contribution is -2.53. The molecule has 6 heteroatoms. The van der Waals surface area contributed by atoms with Gasteiger partial charge in [0, 0.05) is 36.4 Å². The van der Waals surface area contributed by atoms with Crippen molar-refractivity contribution >= 4 is 16.5 Å². The summed E-state index contributed by atoms with van der Waals surface area (Å²) >= 11 is 0. The molecule has 1 saturated carbocycles. The van der Waals surface area contributed by atoms with Crippen LogP contribution >= 0.6 is 0 Å². The molecule has 0 amide bonds. The van der Waals surface area contributed by atoms with Gasteiger partial charge in [0.25, 0.3) is 0 Å². The van der Waals surface area contributed by atoms with Crippen molar-refractivity contribution in [3.05, 3.63) is 53.6 Å². The van der Waals surface area contributed by atoms with Crippen LogP contribution in [0.4, 0.5) is 0 Å². The molecule has 1 N–H and O–H groups in total. The van der Waals surface area contributed by atoms with E-state index in [0.29, 0.717) is 18.8 Å². The second-order valence-electron chi connectivity index (χ2n) is 8.75. The van der Waals surface area contributed by atoms with Crippen molar-refractivity contribution in [2.75, 3.05) is 20.2 Å². The Balaban J connectivity index is 2.03. The van der Waals surface area contributed by atoms with Crippen molar-refractivity contribution in [2.24, 2.45) is 17.3 Å². The van der Waals surface area contributed by atoms with Crippen molar-refractivity contribution in [1.82, 2.24) is 4.90 Å². The summed E-state index contributed by atoms with van der Waals surface area (Å²) < 4.78 is 5.55. The molecular weight excluding hydrogens is 398 g/mol. The highest BCUT2D eigenvalue weighted by Crippen LogP contribution is 2.55. The number of fused-ring (bicyclic) bond motifs is 2. The van der Waals surface area contributed by atoms with Gasteiger partial charge in [0.1, 0.15) is 11.7 Å². The third kappa shape index (κ3) is 2.98. The number of hydrogen-bond donors (Lipinski definition) is 1. The molecule has 6 nitrogen and oxygen atoms in total. The van der Waals surface area contributed by atoms with E-state index in [0.717, 1.165) is 21.9 Å². The normalized spacial score (nSPS) is 24.7. The van der Waals surface area contributed by atoms with Crippen LogP contribution in [0.3, 0.4) is 0 Å². The quantitative estimate of drug-likeness (QED) is 0.736. The number of hydrogen-bond acceptors (Lipinski definition) is 6. The summed E-state index contributed by atoms with van der Waals surface area (Å²) in [5.74, 6) is -0.929. The van der Waals surface area contributed by atoms with Crippen LogP contribution in [0.2, 0.25) is 0 Å². The summed E-state index contributed by atoms with van der Waals surface area (Å²) in [6.07, 6.45) is 2.04. The Morgan fingerprint density at radius 2 is 1.78 bits per heavy atom. The van der Waals surface area contributed by atoms with Gasteiger partial charge in [0.05, 0.1) is 31.0 Å². The minimum atomic E-state index is -1.72. The van der Waals surface area contributed by atoms with Gasteiger partial charge < -0.3 is 10.1 Å². The lowest BCUT2D eigenvalue weighted by molar-refractivity contribution is 0.171. The predicted octanol–water partition coefficient (Wildman–Crippen LogP) is 4.41. The van der Waals surface area contributed by atoms with Gasteiger partial charge in [-0.1, -0.05) is 36.4 Å². The van der Waals surface area contributed by atoms with Gasteiger partial charge >= 0.3 is 0 Å². The fourth-order valence-corrected chi connectivity index (χ4v) is 5.34. The molecule has 1 unspecified atom stereocenters. The standard InChI is InChI=1S/C26H25N5O/c1-16(2)31-11-10-18-21(12-27)25(30)26(14-28,15-29)24(22(18)13-31)20-8-9-23(32-3)19-7-5-4-6-17(19)20/h4-10,16,21-22,24,30H,11,13H2,1-3H3/t21?,22-,24+/m0/s1. The molecular formula is C26H25N5O. The molecule has 3 atom stereocenters. The molecule has 0 bridgehead atoms. The minimum absolute atomic E-state index is 0.115. The highest BCUT2D eigenvalue weighted by Gasteiger charge is 2.58. The van der Waals surface area contributed by atoms with E-state index in [9.17, 15) is 15.8 Å². The molecule has 2 aliphatic rings. The average Bonchev–Trinajstić information content (AvgIpc) is 2.82. The molecule has 2 aromatic carbocycles. The number of methoxy groups -OCH3 is 1. The van der Waals surface area contributed by atoms with E-state index in [1.165, 1.54) is 0 Å². The topological polar surface area (TPSA) is 108 Å². The summed E-state index contributed by atoms with van der Waals surface area (Å²) in [5, 5.41) is 41.2. The molecule has 0 saturated heterocycles. The molecule has 0 radical (unpaired) electrons. The Labute approximate surface area is 188 Å². The molecule has 4 rings (SSSR count). The van der Waals surface area contributed by atoms with Gasteiger partial charge in [0.2, 0.25) is 0 Å². The van der Waals surface area contributed by atoms with Crippen LogP contribution in [0.15, 0.2) is 48.0 Å². The number of nitrogens with one attached hydrogen (secondary N) is 1. The molecule has 0 aromatic heterocycles. The fraction of sp³-hybridized carbons (Fsp3) is 0.385. The average molecular weight is 424 g/mol. The number of benzene rings is 2. The predicted molar refractivity (Wildman–Crippen MR) is 122 cm³/mol. The van der Waals surface area contributed by atoms with Gasteiger partial charge in [-0.15, -0.1) is 0 Å². The first kappa shape index (κ1) is 21.6. The first-order valence-corrected chi connectivity index (χ1v) is 10.7. The highest BCUT2D eigenvalue weighted by molar-refractivity contribution is 6.02. The summed E-state index contributed by atoms with van der Waals surface area (Å²) in [6, 6.07) is 18.4. The largest absolute Gasteiger partial charge is 0.496 e. The Morgan fingerprint density at radius 1 is 1.09 bits per heavy atom. The zero-order chi connectivity index (χ0) is 23.0. The first-order chi connectivity index (χ1) is 15.4. The third-order valence-corrected chi connectivity index (χ3v) is 7.02. The first-order valence-electron chi connectivity index (χ1n) is 10.7. The van der Waals surface area contributed by atoms with E-state index in [1.54, 1.807) is 7.11 Å². The van der Waals surface area contributed by atoms with Crippen LogP contribution < -0.4 is 4.74 Å². The van der Waals surface area contributed by atoms with Crippen LogP contribution in [0.5, 0.6) is 5.75 Å². The lowest BCUT2D eigenvalue weighted by Gasteiger charge is -2.48. The summed E-state index contributed by atoms with van der Waals surface area (Å²) in [4.78, 5) is 2.29. The van der Waals surface area contributed by atoms with E-state index in [-0.39, 0.29) is 17.7 Å². The molecule has 2 aromatic rings. The molecule has 32 heavy (non-hydrogen) atoms. The summed E-state index contributed by atoms with van der Waals surface area (Å²) in [6.45, 7) is 5.55. The van der Waals surface area contributed by atoms with Crippen molar-refractivity contribution in [3.8, 4) is 24.0 Å². The SMILES string of the molecule is COc1ccc([C@@H]2[C@H]3CN(C(C)C)CC=C3C(C#N)C(=N)C2(C#N)C#N)c2ccccc12. The monoisotopic (exact) mass is 423 g/mol. The fourth-order valence-electron chi connectivity index (χ4n) is 5.34. The van der Waals surface area contributed by atoms with Crippen LogP contribution in [0.1, 0.15) is 25.3 Å². The van der Waals surface area contributed by atoms with Crippen molar-refractivity contribution in [3.63, 3.8) is 0 Å². The highest BCUT2D eigenvalue weighted by atomic mass is 16.5. The Morgan fingerprint density at radius 3 is 2.38 bits per heavy atom. The number of nitriles is 3. The minimum Gasteiger partial charge on any atom is -0.496 e. The number of nitrogens with zero attached hydrogens (tertiary/aromatic N) is 4. The molecule has 1 aliphatic heterocycles. The van der Waals surface area contributed by atoms with Crippen LogP contribution in [-0.4, -0.2) is 36.9 Å². The molecule has 1 heterocycles. The summed E-state index contributed by atoms with van der Waals surface area (Å²) in [5.41, 5.74) is -0.136. The van der Waals surface area contributed by atoms with E-state index >= 15 is 0 Å². The van der Waals surface area contributed by atoms with Gasteiger partial charge in [-0.25, -0.2) is 0 Å². The molecule has 1 aliphatic carbocycles. The van der Waals surface area contributed by atoms with E-state index in [4.69, 9.17) is 10.1 Å². The lowest BCUT2D eigenvalue weighted by atomic mass is 9.54. The van der Waals surface area contributed by atoms with Gasteiger partial charge in [-0.05, 0) is 36.4 Å². The van der Waals surface area contributed by atoms with E-state index in [2.05, 4.69) is 37.0 Å². The Bertz CT molecular complexity index is 1230. The maximum absolute atomic E-state index is 10.3. The molecule has 160 valence electrons. The maximum Gasteiger partial charge on any atom is 0.189 e. The van der Waals surface area contributed by atoms with Crippen LogP contribution in [-0.2, 0) is 0 Å². The zero-order valence-corrected chi connectivity index (χ0v) is 18.5. The Hall–Kier alpha value is -3.66. The van der Waals surface area contributed by atoms with E-state index < -0.39 is 17.3 Å². The van der Waals surface area contributed by atoms with Crippen molar-refractivity contribution in [1.29, 1.82) is 21.2 Å². The zero-order valence-electron chi connectivity index (χ0n) is 18.5. The number of ether oxygens (including phenoxy) is 1. The smallest absolute Gasteiger partial charge is 0.189 e. The Kier molecular flexibility index (Phi) is 5.47. The second kappa shape index (κ2) is 8.12. The maximum atomic E-state index is 10.3. The third-order valence-electron chi connectivity index (χ3n) is 7.02. The van der Waals surface area contributed by atoms with Crippen LogP contribution in [0.25, 0.3) is 10.8 Å². The van der Waals surface area contributed by atoms with E-state index in [1.807, 2.05) is 42.5 Å². The second-order valence-corrected chi connectivity index (χ2v) is 8.75.